The molecule has 1 aromatic rings. The first-order chi connectivity index (χ1) is 6.07. The minimum absolute atomic E-state index is 0.0515. The molecule has 1 rings (SSSR count). The molecule has 0 bridgehead atoms. The molecule has 1 heterocycles. The van der Waals surface area contributed by atoms with E-state index < -0.39 is 11.4 Å². The summed E-state index contributed by atoms with van der Waals surface area (Å²) in [5, 5.41) is 0. The zero-order valence-corrected chi connectivity index (χ0v) is 7.77. The second-order valence-electron chi connectivity index (χ2n) is 2.53. The van der Waals surface area contributed by atoms with E-state index in [1.807, 2.05) is 0 Å². The van der Waals surface area contributed by atoms with Crippen molar-refractivity contribution in [3.63, 3.8) is 0 Å². The molecule has 13 heavy (non-hydrogen) atoms. The van der Waals surface area contributed by atoms with E-state index in [1.165, 1.54) is 18.7 Å². The minimum Gasteiger partial charge on any atom is -0.375 e. The molecule has 0 aromatic carbocycles. The van der Waals surface area contributed by atoms with Crippen LogP contribution in [0, 0.1) is 0 Å². The van der Waals surface area contributed by atoms with Crippen LogP contribution in [0.25, 0.3) is 0 Å². The van der Waals surface area contributed by atoms with Gasteiger partial charge in [0.2, 0.25) is 0 Å². The molecule has 0 saturated carbocycles. The third kappa shape index (κ3) is 1.61. The SMILES string of the molecule is CCN=c1oc(=O)n(C)c(=O)n1C. The molecule has 6 heteroatoms. The summed E-state index contributed by atoms with van der Waals surface area (Å²) >= 11 is 0. The lowest BCUT2D eigenvalue weighted by Gasteiger charge is -1.98. The Morgan fingerprint density at radius 1 is 1.31 bits per heavy atom. The van der Waals surface area contributed by atoms with Crippen molar-refractivity contribution in [2.75, 3.05) is 6.54 Å². The van der Waals surface area contributed by atoms with Crippen molar-refractivity contribution in [1.29, 1.82) is 0 Å². The highest BCUT2D eigenvalue weighted by Gasteiger charge is 2.01. The van der Waals surface area contributed by atoms with Crippen molar-refractivity contribution >= 4 is 0 Å². The molecule has 0 spiro atoms. The first kappa shape index (κ1) is 9.50. The van der Waals surface area contributed by atoms with Crippen LogP contribution in [0.4, 0.5) is 0 Å². The van der Waals surface area contributed by atoms with Gasteiger partial charge in [0, 0.05) is 20.6 Å². The van der Waals surface area contributed by atoms with Crippen LogP contribution in [0.2, 0.25) is 0 Å². The predicted octanol–water partition coefficient (Wildman–Crippen LogP) is -1.40. The van der Waals surface area contributed by atoms with Crippen molar-refractivity contribution in [2.45, 2.75) is 6.92 Å². The maximum atomic E-state index is 11.3. The van der Waals surface area contributed by atoms with Gasteiger partial charge in [0.25, 0.3) is 0 Å². The van der Waals surface area contributed by atoms with Gasteiger partial charge in [0.1, 0.15) is 0 Å². The first-order valence-electron chi connectivity index (χ1n) is 3.85. The minimum atomic E-state index is -0.699. The van der Waals surface area contributed by atoms with Gasteiger partial charge in [-0.1, -0.05) is 0 Å². The van der Waals surface area contributed by atoms with Crippen LogP contribution in [-0.4, -0.2) is 15.7 Å². The van der Waals surface area contributed by atoms with Gasteiger partial charge in [-0.15, -0.1) is 0 Å². The molecule has 72 valence electrons. The number of aromatic nitrogens is 2. The maximum absolute atomic E-state index is 11.3. The molecule has 6 nitrogen and oxygen atoms in total. The average molecular weight is 185 g/mol. The predicted molar refractivity (Wildman–Crippen MR) is 45.3 cm³/mol. The summed E-state index contributed by atoms with van der Waals surface area (Å²) in [4.78, 5) is 26.2. The molecule has 0 amide bonds. The Kier molecular flexibility index (Phi) is 2.50. The largest absolute Gasteiger partial charge is 0.425 e. The summed E-state index contributed by atoms with van der Waals surface area (Å²) in [5.41, 5.74) is -0.390. The van der Waals surface area contributed by atoms with E-state index in [1.54, 1.807) is 6.92 Å². The van der Waals surface area contributed by atoms with Crippen molar-refractivity contribution in [1.82, 2.24) is 9.13 Å². The van der Waals surface area contributed by atoms with Crippen LogP contribution < -0.4 is 17.1 Å². The van der Waals surface area contributed by atoms with Gasteiger partial charge in [-0.2, -0.15) is 0 Å². The summed E-state index contributed by atoms with van der Waals surface area (Å²) in [7, 11) is 2.85. The topological polar surface area (TPSA) is 69.5 Å². The van der Waals surface area contributed by atoms with E-state index in [2.05, 4.69) is 4.99 Å². The van der Waals surface area contributed by atoms with Crippen molar-refractivity contribution in [3.8, 4) is 0 Å². The van der Waals surface area contributed by atoms with Crippen molar-refractivity contribution in [2.24, 2.45) is 19.1 Å². The van der Waals surface area contributed by atoms with Gasteiger partial charge in [-0.05, 0) is 6.92 Å². The van der Waals surface area contributed by atoms with E-state index in [4.69, 9.17) is 4.42 Å². The lowest BCUT2D eigenvalue weighted by Crippen LogP contribution is -2.44. The van der Waals surface area contributed by atoms with E-state index in [0.29, 0.717) is 6.54 Å². The number of rotatable bonds is 1. The van der Waals surface area contributed by atoms with Crippen LogP contribution in [0.15, 0.2) is 19.0 Å². The van der Waals surface area contributed by atoms with Gasteiger partial charge in [0.15, 0.2) is 0 Å². The molecule has 0 aliphatic carbocycles. The Hall–Kier alpha value is -1.59. The molecular weight excluding hydrogens is 174 g/mol. The quantitative estimate of drug-likeness (QED) is 0.540. The first-order valence-corrected chi connectivity index (χ1v) is 3.85. The zero-order valence-electron chi connectivity index (χ0n) is 7.77. The Labute approximate surface area is 73.8 Å². The third-order valence-electron chi connectivity index (χ3n) is 1.61. The molecule has 0 aliphatic heterocycles. The van der Waals surface area contributed by atoms with Crippen molar-refractivity contribution in [3.05, 3.63) is 26.7 Å². The van der Waals surface area contributed by atoms with E-state index in [0.717, 1.165) is 4.57 Å². The molecule has 0 atom stereocenters. The number of hydrogen-bond acceptors (Lipinski definition) is 4. The fourth-order valence-electron chi connectivity index (χ4n) is 0.874. The molecule has 1 aromatic heterocycles. The highest BCUT2D eigenvalue weighted by molar-refractivity contribution is 4.64. The summed E-state index contributed by atoms with van der Waals surface area (Å²) in [5.74, 6) is -0.699. The zero-order chi connectivity index (χ0) is 10.0. The van der Waals surface area contributed by atoms with E-state index >= 15 is 0 Å². The third-order valence-corrected chi connectivity index (χ3v) is 1.61. The van der Waals surface area contributed by atoms with Crippen LogP contribution >= 0.6 is 0 Å². The van der Waals surface area contributed by atoms with Crippen LogP contribution in [-0.2, 0) is 14.1 Å². The Bertz CT molecular complexity index is 477. The fraction of sp³-hybridized carbons (Fsp3) is 0.571. The average Bonchev–Trinajstić information content (AvgIpc) is 2.11. The number of nitrogens with zero attached hydrogens (tertiary/aromatic N) is 3. The summed E-state index contributed by atoms with van der Waals surface area (Å²) in [6.45, 7) is 2.25. The highest BCUT2D eigenvalue weighted by atomic mass is 16.4. The van der Waals surface area contributed by atoms with Gasteiger partial charge >= 0.3 is 17.1 Å². The molecule has 0 aliphatic rings. The van der Waals surface area contributed by atoms with Gasteiger partial charge in [-0.25, -0.2) is 19.1 Å². The standard InChI is InChI=1S/C7H11N3O3/c1-4-8-5-9(2)6(11)10(3)7(12)13-5/h4H2,1-3H3. The summed E-state index contributed by atoms with van der Waals surface area (Å²) < 4.78 is 6.83. The van der Waals surface area contributed by atoms with E-state index in [9.17, 15) is 9.59 Å². The molecule has 0 fully saturated rings. The summed E-state index contributed by atoms with van der Waals surface area (Å²) in [6, 6.07) is 0. The molecule has 0 N–H and O–H groups in total. The molecule has 0 radical (unpaired) electrons. The van der Waals surface area contributed by atoms with Gasteiger partial charge in [0.05, 0.1) is 0 Å². The number of hydrogen-bond donors (Lipinski definition) is 0. The Morgan fingerprint density at radius 3 is 2.46 bits per heavy atom. The normalized spacial score (nSPS) is 12.1. The maximum Gasteiger partial charge on any atom is 0.425 e. The van der Waals surface area contributed by atoms with Crippen LogP contribution in [0.5, 0.6) is 0 Å². The molecule has 0 unspecified atom stereocenters. The summed E-state index contributed by atoms with van der Waals surface area (Å²) in [6.07, 6.45) is 0. The Balaban J connectivity index is 3.71. The van der Waals surface area contributed by atoms with Gasteiger partial charge < -0.3 is 4.42 Å². The fourth-order valence-corrected chi connectivity index (χ4v) is 0.874. The smallest absolute Gasteiger partial charge is 0.375 e. The van der Waals surface area contributed by atoms with Crippen LogP contribution in [0.1, 0.15) is 6.92 Å². The van der Waals surface area contributed by atoms with Crippen molar-refractivity contribution < 1.29 is 4.42 Å². The van der Waals surface area contributed by atoms with Gasteiger partial charge in [-0.3, -0.25) is 4.57 Å². The molecule has 0 saturated heterocycles. The second-order valence-corrected chi connectivity index (χ2v) is 2.53. The highest BCUT2D eigenvalue weighted by Crippen LogP contribution is 1.64. The monoisotopic (exact) mass is 185 g/mol. The Morgan fingerprint density at radius 2 is 1.92 bits per heavy atom. The molecular formula is C7H11N3O3. The van der Waals surface area contributed by atoms with E-state index in [-0.39, 0.29) is 5.68 Å². The second kappa shape index (κ2) is 3.42. The lowest BCUT2D eigenvalue weighted by molar-refractivity contribution is 0.336. The van der Waals surface area contributed by atoms with Crippen LogP contribution in [0.3, 0.4) is 0 Å². The lowest BCUT2D eigenvalue weighted by atomic mass is 10.8.